The van der Waals surface area contributed by atoms with Crippen LogP contribution in [0.2, 0.25) is 0 Å². The van der Waals surface area contributed by atoms with Crippen LogP contribution in [0.15, 0.2) is 6.33 Å². The van der Waals surface area contributed by atoms with Gasteiger partial charge >= 0.3 is 0 Å². The Hall–Kier alpha value is -1.03. The zero-order chi connectivity index (χ0) is 10.7. The lowest BCUT2D eigenvalue weighted by molar-refractivity contribution is -0.199. The van der Waals surface area contributed by atoms with Crippen LogP contribution in [0, 0.1) is 0 Å². The van der Waals surface area contributed by atoms with Crippen LogP contribution in [0.1, 0.15) is 50.9 Å². The molecule has 2 aliphatic heterocycles. The van der Waals surface area contributed by atoms with E-state index in [1.807, 2.05) is 0 Å². The largest absolute Gasteiger partial charge is 0.362 e. The summed E-state index contributed by atoms with van der Waals surface area (Å²) >= 11 is 0. The van der Waals surface area contributed by atoms with E-state index >= 15 is 0 Å². The van der Waals surface area contributed by atoms with Gasteiger partial charge in [-0.1, -0.05) is 0 Å². The van der Waals surface area contributed by atoms with Crippen LogP contribution in [0.4, 0.5) is 0 Å². The molecule has 2 unspecified atom stereocenters. The Morgan fingerprint density at radius 1 is 1.40 bits per heavy atom. The summed E-state index contributed by atoms with van der Waals surface area (Å²) in [4.78, 5) is 4.39. The highest BCUT2D eigenvalue weighted by atomic mass is 16.5. The first-order valence-electron chi connectivity index (χ1n) is 5.41. The molecule has 0 saturated carbocycles. The molecule has 0 amide bonds. The molecule has 1 saturated heterocycles. The lowest BCUT2D eigenvalue weighted by Crippen LogP contribution is -2.52. The Morgan fingerprint density at radius 2 is 2.20 bits per heavy atom. The molecule has 4 rings (SSSR count). The molecule has 4 heteroatoms. The number of nitrogens with zero attached hydrogens (tertiary/aromatic N) is 3. The number of fused-ring (bicyclic) bond motifs is 2. The second kappa shape index (κ2) is 2.55. The predicted molar refractivity (Wildman–Crippen MR) is 54.3 cm³/mol. The van der Waals surface area contributed by atoms with Crippen molar-refractivity contribution in [3.05, 3.63) is 17.7 Å². The third kappa shape index (κ3) is 1.08. The zero-order valence-electron chi connectivity index (χ0n) is 9.32. The summed E-state index contributed by atoms with van der Waals surface area (Å²) < 4.78 is 6.14. The molecule has 1 aromatic rings. The van der Waals surface area contributed by atoms with E-state index in [2.05, 4.69) is 36.0 Å². The first-order chi connectivity index (χ1) is 7.03. The molecule has 3 heterocycles. The molecule has 3 aliphatic rings. The minimum absolute atomic E-state index is 0.129. The SMILES string of the molecule is CC12CCC(c3ncnnc31)C(C)(C)O2. The molecule has 0 radical (unpaired) electrons. The van der Waals surface area contributed by atoms with Crippen LogP contribution >= 0.6 is 0 Å². The molecule has 2 atom stereocenters. The molecule has 15 heavy (non-hydrogen) atoms. The van der Waals surface area contributed by atoms with Crippen molar-refractivity contribution in [1.82, 2.24) is 15.2 Å². The average molecular weight is 205 g/mol. The van der Waals surface area contributed by atoms with Crippen molar-refractivity contribution in [3.8, 4) is 0 Å². The zero-order valence-corrected chi connectivity index (χ0v) is 9.32. The van der Waals surface area contributed by atoms with Gasteiger partial charge in [0.15, 0.2) is 0 Å². The summed E-state index contributed by atoms with van der Waals surface area (Å²) in [6.07, 6.45) is 3.70. The molecule has 80 valence electrons. The van der Waals surface area contributed by atoms with Crippen LogP contribution < -0.4 is 0 Å². The van der Waals surface area contributed by atoms with E-state index in [4.69, 9.17) is 4.74 Å². The normalized spacial score (nSPS) is 36.3. The molecule has 1 fully saturated rings. The maximum absolute atomic E-state index is 6.14. The highest BCUT2D eigenvalue weighted by Gasteiger charge is 2.53. The Morgan fingerprint density at radius 3 is 2.93 bits per heavy atom. The summed E-state index contributed by atoms with van der Waals surface area (Å²) in [6.45, 7) is 6.37. The van der Waals surface area contributed by atoms with Gasteiger partial charge in [0.2, 0.25) is 0 Å². The third-order valence-corrected chi connectivity index (χ3v) is 3.72. The molecule has 0 aromatic carbocycles. The highest BCUT2D eigenvalue weighted by Crippen LogP contribution is 2.54. The molecule has 1 aliphatic carbocycles. The minimum Gasteiger partial charge on any atom is -0.362 e. The van der Waals surface area contributed by atoms with E-state index in [1.165, 1.54) is 0 Å². The smallest absolute Gasteiger partial charge is 0.138 e. The number of rotatable bonds is 0. The quantitative estimate of drug-likeness (QED) is 0.647. The van der Waals surface area contributed by atoms with E-state index in [9.17, 15) is 0 Å². The van der Waals surface area contributed by atoms with Gasteiger partial charge in [-0.15, -0.1) is 10.2 Å². The Bertz CT molecular complexity index is 418. The summed E-state index contributed by atoms with van der Waals surface area (Å²) in [5.74, 6) is 0.366. The fourth-order valence-corrected chi connectivity index (χ4v) is 3.02. The van der Waals surface area contributed by atoms with Crippen LogP contribution in [-0.2, 0) is 10.3 Å². The average Bonchev–Trinajstić information content (AvgIpc) is 2.16. The number of hydrogen-bond acceptors (Lipinski definition) is 4. The molecular formula is C11H15N3O. The van der Waals surface area contributed by atoms with E-state index in [0.717, 1.165) is 24.2 Å². The summed E-state index contributed by atoms with van der Waals surface area (Å²) in [5.41, 5.74) is 1.63. The third-order valence-electron chi connectivity index (χ3n) is 3.72. The first kappa shape index (κ1) is 9.21. The van der Waals surface area contributed by atoms with Gasteiger partial charge in [-0.05, 0) is 33.6 Å². The standard InChI is InChI=1S/C11H15N3O/c1-10(2)7-4-5-11(3,15-10)9-8(7)12-6-13-14-9/h6-7H,4-5H2,1-3H3. The van der Waals surface area contributed by atoms with Gasteiger partial charge < -0.3 is 4.74 Å². The maximum Gasteiger partial charge on any atom is 0.138 e. The lowest BCUT2D eigenvalue weighted by atomic mass is 9.69. The Balaban J connectivity index is 2.24. The number of aromatic nitrogens is 3. The fourth-order valence-electron chi connectivity index (χ4n) is 3.02. The van der Waals surface area contributed by atoms with Crippen LogP contribution in [0.5, 0.6) is 0 Å². The van der Waals surface area contributed by atoms with Gasteiger partial charge in [-0.25, -0.2) is 4.98 Å². The molecule has 4 nitrogen and oxygen atoms in total. The van der Waals surface area contributed by atoms with E-state index in [1.54, 1.807) is 6.33 Å². The second-order valence-electron chi connectivity index (χ2n) is 5.22. The van der Waals surface area contributed by atoms with Gasteiger partial charge in [0.1, 0.15) is 17.6 Å². The number of hydrogen-bond donors (Lipinski definition) is 0. The topological polar surface area (TPSA) is 47.9 Å². The Kier molecular flexibility index (Phi) is 1.57. The van der Waals surface area contributed by atoms with Gasteiger partial charge in [0.05, 0.1) is 11.3 Å². The predicted octanol–water partition coefficient (Wildman–Crippen LogP) is 1.77. The molecule has 0 N–H and O–H groups in total. The van der Waals surface area contributed by atoms with Crippen molar-refractivity contribution in [1.29, 1.82) is 0 Å². The molecule has 2 bridgehead atoms. The first-order valence-corrected chi connectivity index (χ1v) is 5.41. The van der Waals surface area contributed by atoms with Crippen LogP contribution in [0.25, 0.3) is 0 Å². The fraction of sp³-hybridized carbons (Fsp3) is 0.727. The van der Waals surface area contributed by atoms with Gasteiger partial charge in [-0.3, -0.25) is 0 Å². The molecule has 0 spiro atoms. The summed E-state index contributed by atoms with van der Waals surface area (Å²) in [5, 5.41) is 8.07. The van der Waals surface area contributed by atoms with Gasteiger partial charge in [-0.2, -0.15) is 0 Å². The monoisotopic (exact) mass is 205 g/mol. The lowest BCUT2D eigenvalue weighted by Gasteiger charge is -2.52. The maximum atomic E-state index is 6.14. The van der Waals surface area contributed by atoms with E-state index in [-0.39, 0.29) is 11.2 Å². The highest BCUT2D eigenvalue weighted by molar-refractivity contribution is 5.30. The molecule has 1 aromatic heterocycles. The van der Waals surface area contributed by atoms with Crippen molar-refractivity contribution < 1.29 is 4.74 Å². The second-order valence-corrected chi connectivity index (χ2v) is 5.22. The van der Waals surface area contributed by atoms with Crippen LogP contribution in [-0.4, -0.2) is 20.8 Å². The molecular weight excluding hydrogens is 190 g/mol. The van der Waals surface area contributed by atoms with Crippen molar-refractivity contribution in [2.75, 3.05) is 0 Å². The Labute approximate surface area is 89.1 Å². The van der Waals surface area contributed by atoms with Crippen molar-refractivity contribution in [3.63, 3.8) is 0 Å². The van der Waals surface area contributed by atoms with Gasteiger partial charge in [0.25, 0.3) is 0 Å². The van der Waals surface area contributed by atoms with Crippen LogP contribution in [0.3, 0.4) is 0 Å². The van der Waals surface area contributed by atoms with Gasteiger partial charge in [0, 0.05) is 5.92 Å². The van der Waals surface area contributed by atoms with Crippen molar-refractivity contribution >= 4 is 0 Å². The minimum atomic E-state index is -0.283. The number of ether oxygens (including phenoxy) is 1. The van der Waals surface area contributed by atoms with E-state index in [0.29, 0.717) is 5.92 Å². The van der Waals surface area contributed by atoms with Crippen molar-refractivity contribution in [2.24, 2.45) is 0 Å². The van der Waals surface area contributed by atoms with Crippen molar-refractivity contribution in [2.45, 2.75) is 50.7 Å². The summed E-state index contributed by atoms with van der Waals surface area (Å²) in [6, 6.07) is 0. The summed E-state index contributed by atoms with van der Waals surface area (Å²) in [7, 11) is 0. The van der Waals surface area contributed by atoms with E-state index < -0.39 is 0 Å².